The average molecular weight is 266 g/mol. The van der Waals surface area contributed by atoms with Crippen LogP contribution in [0.3, 0.4) is 0 Å². The fourth-order valence-corrected chi connectivity index (χ4v) is 2.45. The summed E-state index contributed by atoms with van der Waals surface area (Å²) in [6, 6.07) is 1.29. The van der Waals surface area contributed by atoms with Crippen molar-refractivity contribution in [1.82, 2.24) is 9.88 Å². The lowest BCUT2D eigenvalue weighted by Gasteiger charge is -2.21. The lowest BCUT2D eigenvalue weighted by molar-refractivity contribution is -0.142. The Morgan fingerprint density at radius 1 is 1.53 bits per heavy atom. The number of methoxy groups -OCH3 is 2. The molecule has 1 saturated heterocycles. The monoisotopic (exact) mass is 266 g/mol. The molecule has 0 radical (unpaired) electrons. The van der Waals surface area contributed by atoms with Crippen molar-refractivity contribution in [3.8, 4) is 11.5 Å². The Bertz CT molecular complexity index is 464. The van der Waals surface area contributed by atoms with Crippen LogP contribution >= 0.6 is 0 Å². The van der Waals surface area contributed by atoms with E-state index in [9.17, 15) is 9.90 Å². The Morgan fingerprint density at radius 2 is 2.32 bits per heavy atom. The van der Waals surface area contributed by atoms with E-state index < -0.39 is 12.0 Å². The van der Waals surface area contributed by atoms with Crippen LogP contribution in [0.15, 0.2) is 12.3 Å². The van der Waals surface area contributed by atoms with Gasteiger partial charge in [-0.1, -0.05) is 0 Å². The topological polar surface area (TPSA) is 71.9 Å². The zero-order chi connectivity index (χ0) is 13.8. The van der Waals surface area contributed by atoms with Crippen LogP contribution < -0.4 is 9.47 Å². The molecule has 1 N–H and O–H groups in total. The normalized spacial score (nSPS) is 19.4. The first kappa shape index (κ1) is 13.6. The van der Waals surface area contributed by atoms with Gasteiger partial charge in [-0.05, 0) is 19.4 Å². The number of pyridine rings is 1. The standard InChI is InChI=1S/C13H18N2O4/c1-18-11-5-6-14-9(12(11)19-2)8-15-7-3-4-10(15)13(16)17/h5-6,10H,3-4,7-8H2,1-2H3,(H,16,17). The van der Waals surface area contributed by atoms with E-state index in [2.05, 4.69) is 4.98 Å². The SMILES string of the molecule is COc1ccnc(CN2CCCC2C(=O)O)c1OC. The second kappa shape index (κ2) is 5.88. The molecule has 1 aromatic rings. The molecule has 0 aliphatic carbocycles. The number of carboxylic acids is 1. The summed E-state index contributed by atoms with van der Waals surface area (Å²) in [6.45, 7) is 1.22. The number of hydrogen-bond donors (Lipinski definition) is 1. The summed E-state index contributed by atoms with van der Waals surface area (Å²) in [4.78, 5) is 17.3. The van der Waals surface area contributed by atoms with E-state index in [4.69, 9.17) is 9.47 Å². The second-order valence-corrected chi connectivity index (χ2v) is 4.46. The zero-order valence-electron chi connectivity index (χ0n) is 11.1. The van der Waals surface area contributed by atoms with Crippen LogP contribution in [0.25, 0.3) is 0 Å². The number of aromatic nitrogens is 1. The summed E-state index contributed by atoms with van der Waals surface area (Å²) >= 11 is 0. The van der Waals surface area contributed by atoms with E-state index in [1.807, 2.05) is 4.90 Å². The minimum absolute atomic E-state index is 0.433. The van der Waals surface area contributed by atoms with Gasteiger partial charge in [-0.15, -0.1) is 0 Å². The fraction of sp³-hybridized carbons (Fsp3) is 0.538. The Balaban J connectivity index is 2.21. The smallest absolute Gasteiger partial charge is 0.320 e. The van der Waals surface area contributed by atoms with E-state index in [1.165, 1.54) is 0 Å². The highest BCUT2D eigenvalue weighted by atomic mass is 16.5. The highest BCUT2D eigenvalue weighted by molar-refractivity contribution is 5.73. The van der Waals surface area contributed by atoms with Crippen molar-refractivity contribution in [2.45, 2.75) is 25.4 Å². The van der Waals surface area contributed by atoms with E-state index in [1.54, 1.807) is 26.5 Å². The predicted molar refractivity (Wildman–Crippen MR) is 68.4 cm³/mol. The lowest BCUT2D eigenvalue weighted by Crippen LogP contribution is -2.35. The number of ether oxygens (including phenoxy) is 2. The molecule has 0 aromatic carbocycles. The van der Waals surface area contributed by atoms with Crippen molar-refractivity contribution in [3.63, 3.8) is 0 Å². The van der Waals surface area contributed by atoms with Gasteiger partial charge in [-0.25, -0.2) is 0 Å². The molecule has 1 unspecified atom stereocenters. The molecule has 0 amide bonds. The minimum Gasteiger partial charge on any atom is -0.493 e. The number of rotatable bonds is 5. The number of hydrogen-bond acceptors (Lipinski definition) is 5. The molecule has 0 spiro atoms. The van der Waals surface area contributed by atoms with Gasteiger partial charge < -0.3 is 14.6 Å². The van der Waals surface area contributed by atoms with Crippen LogP contribution in [0.4, 0.5) is 0 Å². The summed E-state index contributed by atoms with van der Waals surface area (Å²) in [5.74, 6) is 0.402. The Kier molecular flexibility index (Phi) is 4.21. The first-order valence-corrected chi connectivity index (χ1v) is 6.20. The number of likely N-dealkylation sites (tertiary alicyclic amines) is 1. The molecule has 1 aliphatic rings. The van der Waals surface area contributed by atoms with Crippen LogP contribution in [-0.2, 0) is 11.3 Å². The highest BCUT2D eigenvalue weighted by Crippen LogP contribution is 2.31. The van der Waals surface area contributed by atoms with Crippen LogP contribution in [0, 0.1) is 0 Å². The number of carbonyl (C=O) groups is 1. The summed E-state index contributed by atoms with van der Waals surface area (Å²) in [5.41, 5.74) is 0.704. The predicted octanol–water partition coefficient (Wildman–Crippen LogP) is 1.15. The Morgan fingerprint density at radius 3 is 2.95 bits per heavy atom. The lowest BCUT2D eigenvalue weighted by atomic mass is 10.2. The number of nitrogens with zero attached hydrogens (tertiary/aromatic N) is 2. The first-order valence-electron chi connectivity index (χ1n) is 6.20. The van der Waals surface area contributed by atoms with Crippen molar-refractivity contribution < 1.29 is 19.4 Å². The average Bonchev–Trinajstić information content (AvgIpc) is 2.86. The Labute approximate surface area is 112 Å². The van der Waals surface area contributed by atoms with Crippen LogP contribution in [0.2, 0.25) is 0 Å². The summed E-state index contributed by atoms with van der Waals surface area (Å²) in [7, 11) is 3.12. The number of aliphatic carboxylic acids is 1. The maximum atomic E-state index is 11.2. The summed E-state index contributed by atoms with van der Waals surface area (Å²) in [6.07, 6.45) is 3.22. The molecule has 1 fully saturated rings. The summed E-state index contributed by atoms with van der Waals surface area (Å²) < 4.78 is 10.5. The molecule has 104 valence electrons. The quantitative estimate of drug-likeness (QED) is 0.862. The molecule has 1 aliphatic heterocycles. The third-order valence-corrected chi connectivity index (χ3v) is 3.37. The van der Waals surface area contributed by atoms with Gasteiger partial charge in [0.2, 0.25) is 0 Å². The van der Waals surface area contributed by atoms with Gasteiger partial charge in [-0.3, -0.25) is 14.7 Å². The maximum Gasteiger partial charge on any atom is 0.320 e. The van der Waals surface area contributed by atoms with E-state index in [0.29, 0.717) is 30.2 Å². The number of carboxylic acid groups (broad SMARTS) is 1. The van der Waals surface area contributed by atoms with Gasteiger partial charge >= 0.3 is 5.97 Å². The van der Waals surface area contributed by atoms with E-state index in [-0.39, 0.29) is 0 Å². The minimum atomic E-state index is -0.778. The van der Waals surface area contributed by atoms with Gasteiger partial charge in [-0.2, -0.15) is 0 Å². The van der Waals surface area contributed by atoms with Crippen LogP contribution in [0.1, 0.15) is 18.5 Å². The van der Waals surface area contributed by atoms with E-state index in [0.717, 1.165) is 13.0 Å². The first-order chi connectivity index (χ1) is 9.17. The van der Waals surface area contributed by atoms with E-state index >= 15 is 0 Å². The molecule has 6 nitrogen and oxygen atoms in total. The van der Waals surface area contributed by atoms with Gasteiger partial charge in [0.15, 0.2) is 11.5 Å². The largest absolute Gasteiger partial charge is 0.493 e. The van der Waals surface area contributed by atoms with Gasteiger partial charge in [0.05, 0.1) is 14.2 Å². The Hall–Kier alpha value is -1.82. The van der Waals surface area contributed by atoms with Gasteiger partial charge in [0.25, 0.3) is 0 Å². The van der Waals surface area contributed by atoms with Gasteiger partial charge in [0.1, 0.15) is 11.7 Å². The fourth-order valence-electron chi connectivity index (χ4n) is 2.45. The van der Waals surface area contributed by atoms with Gasteiger partial charge in [0, 0.05) is 18.8 Å². The van der Waals surface area contributed by atoms with Crippen molar-refractivity contribution in [3.05, 3.63) is 18.0 Å². The molecule has 2 heterocycles. The molecule has 6 heteroatoms. The molecule has 1 aromatic heterocycles. The molecule has 19 heavy (non-hydrogen) atoms. The van der Waals surface area contributed by atoms with Crippen LogP contribution in [0.5, 0.6) is 11.5 Å². The van der Waals surface area contributed by atoms with Crippen molar-refractivity contribution >= 4 is 5.97 Å². The second-order valence-electron chi connectivity index (χ2n) is 4.46. The summed E-state index contributed by atoms with van der Waals surface area (Å²) in [5, 5.41) is 9.17. The molecule has 2 rings (SSSR count). The third kappa shape index (κ3) is 2.78. The van der Waals surface area contributed by atoms with Crippen LogP contribution in [-0.4, -0.2) is 47.8 Å². The third-order valence-electron chi connectivity index (χ3n) is 3.37. The zero-order valence-corrected chi connectivity index (χ0v) is 11.1. The molecular weight excluding hydrogens is 248 g/mol. The van der Waals surface area contributed by atoms with Crippen molar-refractivity contribution in [2.24, 2.45) is 0 Å². The van der Waals surface area contributed by atoms with Crippen molar-refractivity contribution in [1.29, 1.82) is 0 Å². The highest BCUT2D eigenvalue weighted by Gasteiger charge is 2.31. The van der Waals surface area contributed by atoms with Crippen molar-refractivity contribution in [2.75, 3.05) is 20.8 Å². The molecule has 0 saturated carbocycles. The molecule has 0 bridgehead atoms. The maximum absolute atomic E-state index is 11.2. The molecule has 1 atom stereocenters. The molecular formula is C13H18N2O4.